The number of hydrogen-bond donors (Lipinski definition) is 1. The highest BCUT2D eigenvalue weighted by Gasteiger charge is 2.07. The van der Waals surface area contributed by atoms with Crippen molar-refractivity contribution in [3.63, 3.8) is 0 Å². The van der Waals surface area contributed by atoms with Gasteiger partial charge in [-0.05, 0) is 80.7 Å². The third-order valence-electron chi connectivity index (χ3n) is 2.87. The minimum absolute atomic E-state index is 0.672. The third kappa shape index (κ3) is 4.99. The number of nitrogens with one attached hydrogen (secondary N) is 1. The number of ether oxygens (including phenoxy) is 1. The van der Waals surface area contributed by atoms with Crippen molar-refractivity contribution in [1.29, 1.82) is 0 Å². The van der Waals surface area contributed by atoms with Crippen LogP contribution in [-0.2, 0) is 6.54 Å². The Balaban J connectivity index is 2.10. The largest absolute Gasteiger partial charge is 0.455 e. The van der Waals surface area contributed by atoms with E-state index in [1.165, 1.54) is 5.56 Å². The molecule has 2 nitrogen and oxygen atoms in total. The van der Waals surface area contributed by atoms with E-state index in [-0.39, 0.29) is 0 Å². The fourth-order valence-electron chi connectivity index (χ4n) is 1.82. The molecule has 5 heteroatoms. The van der Waals surface area contributed by atoms with Crippen LogP contribution in [0, 0.1) is 0 Å². The lowest BCUT2D eigenvalue weighted by Crippen LogP contribution is -2.13. The second-order valence-electron chi connectivity index (χ2n) is 4.62. The Labute approximate surface area is 147 Å². The van der Waals surface area contributed by atoms with Gasteiger partial charge in [0.05, 0.1) is 8.95 Å². The summed E-state index contributed by atoms with van der Waals surface area (Å²) in [5.74, 6) is 1.51. The van der Waals surface area contributed by atoms with E-state index in [2.05, 4.69) is 56.2 Å². The Morgan fingerprint density at radius 1 is 1.05 bits per heavy atom. The Kier molecular flexibility index (Phi) is 6.55. The van der Waals surface area contributed by atoms with Crippen molar-refractivity contribution in [2.45, 2.75) is 19.9 Å². The Morgan fingerprint density at radius 2 is 1.71 bits per heavy atom. The second kappa shape index (κ2) is 8.18. The van der Waals surface area contributed by atoms with Crippen LogP contribution < -0.4 is 10.1 Å². The molecular weight excluding hydrogens is 417 g/mol. The van der Waals surface area contributed by atoms with E-state index in [4.69, 9.17) is 16.3 Å². The van der Waals surface area contributed by atoms with Gasteiger partial charge in [0.2, 0.25) is 0 Å². The van der Waals surface area contributed by atoms with Crippen LogP contribution in [0.25, 0.3) is 0 Å². The molecule has 2 rings (SSSR count). The van der Waals surface area contributed by atoms with Crippen LogP contribution in [0.2, 0.25) is 5.02 Å². The Morgan fingerprint density at radius 3 is 2.33 bits per heavy atom. The summed E-state index contributed by atoms with van der Waals surface area (Å²) in [6.45, 7) is 4.04. The molecule has 0 aliphatic heterocycles. The van der Waals surface area contributed by atoms with Crippen LogP contribution in [0.5, 0.6) is 11.5 Å². The molecule has 0 aromatic heterocycles. The highest BCUT2D eigenvalue weighted by Crippen LogP contribution is 2.35. The van der Waals surface area contributed by atoms with Gasteiger partial charge in [0.1, 0.15) is 11.5 Å². The molecule has 0 fully saturated rings. The van der Waals surface area contributed by atoms with Gasteiger partial charge in [-0.3, -0.25) is 0 Å². The van der Waals surface area contributed by atoms with Gasteiger partial charge in [0.25, 0.3) is 0 Å². The highest BCUT2D eigenvalue weighted by atomic mass is 79.9. The quantitative estimate of drug-likeness (QED) is 0.551. The summed E-state index contributed by atoms with van der Waals surface area (Å²) < 4.78 is 7.66. The van der Waals surface area contributed by atoms with E-state index in [1.54, 1.807) is 6.07 Å². The Bertz CT molecular complexity index is 619. The molecule has 0 atom stereocenters. The van der Waals surface area contributed by atoms with E-state index in [0.29, 0.717) is 5.02 Å². The second-order valence-corrected chi connectivity index (χ2v) is 6.76. The summed E-state index contributed by atoms with van der Waals surface area (Å²) in [6.07, 6.45) is 1.13. The predicted molar refractivity (Wildman–Crippen MR) is 95.4 cm³/mol. The van der Waals surface area contributed by atoms with Crippen molar-refractivity contribution < 1.29 is 4.74 Å². The van der Waals surface area contributed by atoms with Crippen LogP contribution in [0.4, 0.5) is 0 Å². The zero-order valence-electron chi connectivity index (χ0n) is 11.6. The summed E-state index contributed by atoms with van der Waals surface area (Å²) in [5, 5.41) is 4.05. The number of rotatable bonds is 6. The van der Waals surface area contributed by atoms with E-state index in [0.717, 1.165) is 40.0 Å². The molecule has 0 spiro atoms. The van der Waals surface area contributed by atoms with E-state index < -0.39 is 0 Å². The monoisotopic (exact) mass is 431 g/mol. The average Bonchev–Trinajstić information content (AvgIpc) is 2.44. The average molecular weight is 434 g/mol. The molecule has 0 bridgehead atoms. The molecule has 0 heterocycles. The van der Waals surface area contributed by atoms with Crippen LogP contribution in [0.1, 0.15) is 18.9 Å². The fourth-order valence-corrected chi connectivity index (χ4v) is 3.09. The molecule has 112 valence electrons. The van der Waals surface area contributed by atoms with Gasteiger partial charge in [0, 0.05) is 11.6 Å². The first-order valence-corrected chi connectivity index (χ1v) is 8.68. The number of benzene rings is 2. The normalized spacial score (nSPS) is 10.7. The minimum atomic E-state index is 0.672. The maximum atomic E-state index is 5.93. The first kappa shape index (κ1) is 16.8. The van der Waals surface area contributed by atoms with Crippen molar-refractivity contribution in [2.24, 2.45) is 0 Å². The van der Waals surface area contributed by atoms with Gasteiger partial charge in [-0.15, -0.1) is 0 Å². The zero-order valence-corrected chi connectivity index (χ0v) is 15.6. The van der Waals surface area contributed by atoms with Crippen molar-refractivity contribution in [2.75, 3.05) is 6.54 Å². The summed E-state index contributed by atoms with van der Waals surface area (Å²) in [7, 11) is 0. The topological polar surface area (TPSA) is 21.3 Å². The van der Waals surface area contributed by atoms with Gasteiger partial charge in [-0.1, -0.05) is 24.6 Å². The van der Waals surface area contributed by atoms with Gasteiger partial charge < -0.3 is 10.1 Å². The number of halogens is 3. The molecule has 0 radical (unpaired) electrons. The van der Waals surface area contributed by atoms with Crippen molar-refractivity contribution in [3.05, 3.63) is 55.9 Å². The molecule has 0 aliphatic rings. The summed E-state index contributed by atoms with van der Waals surface area (Å²) in [4.78, 5) is 0. The van der Waals surface area contributed by atoms with E-state index in [1.807, 2.05) is 18.2 Å². The standard InChI is InChI=1S/C16H16Br2ClNO/c1-2-7-20-10-11-3-5-15(13(17)8-11)21-16-6-4-12(19)9-14(16)18/h3-6,8-9,20H,2,7,10H2,1H3. The van der Waals surface area contributed by atoms with Gasteiger partial charge in [-0.25, -0.2) is 0 Å². The summed E-state index contributed by atoms with van der Waals surface area (Å²) >= 11 is 12.9. The molecule has 0 saturated heterocycles. The smallest absolute Gasteiger partial charge is 0.141 e. The predicted octanol–water partition coefficient (Wildman–Crippen LogP) is 6.16. The first-order chi connectivity index (χ1) is 10.1. The summed E-state index contributed by atoms with van der Waals surface area (Å²) in [6, 6.07) is 11.6. The molecule has 2 aromatic carbocycles. The van der Waals surface area contributed by atoms with Crippen LogP contribution >= 0.6 is 43.5 Å². The maximum absolute atomic E-state index is 5.93. The van der Waals surface area contributed by atoms with Crippen molar-refractivity contribution in [3.8, 4) is 11.5 Å². The lowest BCUT2D eigenvalue weighted by molar-refractivity contribution is 0.476. The lowest BCUT2D eigenvalue weighted by atomic mass is 10.2. The van der Waals surface area contributed by atoms with Gasteiger partial charge in [-0.2, -0.15) is 0 Å². The van der Waals surface area contributed by atoms with Gasteiger partial charge >= 0.3 is 0 Å². The Hall–Kier alpha value is -0.550. The SMILES string of the molecule is CCCNCc1ccc(Oc2ccc(Cl)cc2Br)c(Br)c1. The fraction of sp³-hybridized carbons (Fsp3) is 0.250. The molecule has 1 N–H and O–H groups in total. The highest BCUT2D eigenvalue weighted by molar-refractivity contribution is 9.11. The molecule has 0 unspecified atom stereocenters. The first-order valence-electron chi connectivity index (χ1n) is 6.72. The summed E-state index contributed by atoms with van der Waals surface area (Å²) in [5.41, 5.74) is 1.22. The van der Waals surface area contributed by atoms with Crippen LogP contribution in [-0.4, -0.2) is 6.54 Å². The van der Waals surface area contributed by atoms with Crippen molar-refractivity contribution >= 4 is 43.5 Å². The molecule has 0 amide bonds. The zero-order chi connectivity index (χ0) is 15.2. The van der Waals surface area contributed by atoms with Gasteiger partial charge in [0.15, 0.2) is 0 Å². The van der Waals surface area contributed by atoms with Crippen LogP contribution in [0.15, 0.2) is 45.3 Å². The molecule has 2 aromatic rings. The van der Waals surface area contributed by atoms with E-state index >= 15 is 0 Å². The van der Waals surface area contributed by atoms with Crippen molar-refractivity contribution in [1.82, 2.24) is 5.32 Å². The molecule has 0 aliphatic carbocycles. The molecule has 21 heavy (non-hydrogen) atoms. The van der Waals surface area contributed by atoms with E-state index in [9.17, 15) is 0 Å². The molecule has 0 saturated carbocycles. The minimum Gasteiger partial charge on any atom is -0.455 e. The molecular formula is C16H16Br2ClNO. The van der Waals surface area contributed by atoms with Crippen LogP contribution in [0.3, 0.4) is 0 Å². The number of hydrogen-bond acceptors (Lipinski definition) is 2. The third-order valence-corrected chi connectivity index (χ3v) is 4.34. The maximum Gasteiger partial charge on any atom is 0.141 e. The lowest BCUT2D eigenvalue weighted by Gasteiger charge is -2.11.